The van der Waals surface area contributed by atoms with Crippen LogP contribution in [-0.2, 0) is 13.0 Å². The standard InChI is InChI=1S/C21H21N3S/c1-16-9-10-19-20(14-16)25-21(23-19)24-13-5-8-18(24)15-22-12-11-17-6-3-2-4-7-17/h2-10,13-14,22H,11-12,15H2,1H3. The molecule has 2 heterocycles. The van der Waals surface area contributed by atoms with Gasteiger partial charge in [0.15, 0.2) is 5.13 Å². The second kappa shape index (κ2) is 7.21. The average molecular weight is 347 g/mol. The highest BCUT2D eigenvalue weighted by Crippen LogP contribution is 2.26. The normalized spacial score (nSPS) is 11.2. The van der Waals surface area contributed by atoms with E-state index in [9.17, 15) is 0 Å². The van der Waals surface area contributed by atoms with Crippen LogP contribution in [0, 0.1) is 6.92 Å². The van der Waals surface area contributed by atoms with Crippen LogP contribution in [0.1, 0.15) is 16.8 Å². The average Bonchev–Trinajstić information content (AvgIpc) is 3.25. The van der Waals surface area contributed by atoms with Crippen molar-refractivity contribution < 1.29 is 0 Å². The lowest BCUT2D eigenvalue weighted by Crippen LogP contribution is -2.18. The summed E-state index contributed by atoms with van der Waals surface area (Å²) in [6, 6.07) is 21.3. The van der Waals surface area contributed by atoms with Gasteiger partial charge in [-0.1, -0.05) is 47.7 Å². The second-order valence-electron chi connectivity index (χ2n) is 6.25. The third-order valence-corrected chi connectivity index (χ3v) is 5.33. The van der Waals surface area contributed by atoms with Crippen molar-refractivity contribution in [1.29, 1.82) is 0 Å². The van der Waals surface area contributed by atoms with Gasteiger partial charge in [-0.15, -0.1) is 0 Å². The third-order valence-electron chi connectivity index (χ3n) is 4.31. The van der Waals surface area contributed by atoms with Crippen LogP contribution in [0.2, 0.25) is 0 Å². The van der Waals surface area contributed by atoms with Crippen molar-refractivity contribution in [3.63, 3.8) is 0 Å². The molecular weight excluding hydrogens is 326 g/mol. The number of fused-ring (bicyclic) bond motifs is 1. The fraction of sp³-hybridized carbons (Fsp3) is 0.190. The van der Waals surface area contributed by atoms with Crippen LogP contribution in [-0.4, -0.2) is 16.1 Å². The first-order chi connectivity index (χ1) is 12.3. The molecule has 2 aromatic carbocycles. The van der Waals surface area contributed by atoms with Crippen LogP contribution in [0.4, 0.5) is 0 Å². The molecule has 126 valence electrons. The Balaban J connectivity index is 1.44. The van der Waals surface area contributed by atoms with Crippen molar-refractivity contribution in [2.45, 2.75) is 19.9 Å². The molecule has 2 aromatic heterocycles. The Bertz CT molecular complexity index is 969. The van der Waals surface area contributed by atoms with Crippen molar-refractivity contribution in [3.05, 3.63) is 83.7 Å². The van der Waals surface area contributed by atoms with E-state index in [2.05, 4.69) is 83.7 Å². The molecule has 0 aliphatic heterocycles. The lowest BCUT2D eigenvalue weighted by Gasteiger charge is -2.08. The van der Waals surface area contributed by atoms with Crippen molar-refractivity contribution in [3.8, 4) is 5.13 Å². The molecule has 0 fully saturated rings. The van der Waals surface area contributed by atoms with Crippen LogP contribution in [0.3, 0.4) is 0 Å². The molecule has 25 heavy (non-hydrogen) atoms. The minimum atomic E-state index is 0.842. The van der Waals surface area contributed by atoms with E-state index in [1.807, 2.05) is 0 Å². The zero-order valence-corrected chi connectivity index (χ0v) is 15.1. The fourth-order valence-electron chi connectivity index (χ4n) is 2.96. The molecule has 0 spiro atoms. The SMILES string of the molecule is Cc1ccc2nc(-n3cccc3CNCCc3ccccc3)sc2c1. The van der Waals surface area contributed by atoms with E-state index in [1.54, 1.807) is 11.3 Å². The first kappa shape index (κ1) is 16.1. The maximum absolute atomic E-state index is 4.79. The van der Waals surface area contributed by atoms with Gasteiger partial charge >= 0.3 is 0 Å². The van der Waals surface area contributed by atoms with Gasteiger partial charge < -0.3 is 5.32 Å². The molecule has 0 amide bonds. The first-order valence-corrected chi connectivity index (χ1v) is 9.40. The Morgan fingerprint density at radius 1 is 1.04 bits per heavy atom. The molecule has 1 N–H and O–H groups in total. The van der Waals surface area contributed by atoms with Gasteiger partial charge in [-0.2, -0.15) is 0 Å². The van der Waals surface area contributed by atoms with Gasteiger partial charge in [0.1, 0.15) is 0 Å². The van der Waals surface area contributed by atoms with Gasteiger partial charge in [0, 0.05) is 18.4 Å². The second-order valence-corrected chi connectivity index (χ2v) is 7.26. The van der Waals surface area contributed by atoms with Gasteiger partial charge in [0.05, 0.1) is 10.2 Å². The molecule has 4 heteroatoms. The number of nitrogens with zero attached hydrogens (tertiary/aromatic N) is 2. The summed E-state index contributed by atoms with van der Waals surface area (Å²) in [5.74, 6) is 0. The highest BCUT2D eigenvalue weighted by Gasteiger charge is 2.09. The van der Waals surface area contributed by atoms with Crippen molar-refractivity contribution >= 4 is 21.6 Å². The minimum absolute atomic E-state index is 0.842. The molecule has 0 radical (unpaired) electrons. The number of benzene rings is 2. The molecule has 0 aliphatic rings. The lowest BCUT2D eigenvalue weighted by atomic mass is 10.1. The van der Waals surface area contributed by atoms with Gasteiger partial charge in [-0.05, 0) is 55.3 Å². The zero-order valence-electron chi connectivity index (χ0n) is 14.3. The van der Waals surface area contributed by atoms with Crippen LogP contribution in [0.25, 0.3) is 15.3 Å². The monoisotopic (exact) mass is 347 g/mol. The number of rotatable bonds is 6. The molecule has 3 nitrogen and oxygen atoms in total. The summed E-state index contributed by atoms with van der Waals surface area (Å²) in [6.45, 7) is 3.93. The Morgan fingerprint density at radius 3 is 2.80 bits per heavy atom. The van der Waals surface area contributed by atoms with E-state index in [0.717, 1.165) is 30.2 Å². The highest BCUT2D eigenvalue weighted by molar-refractivity contribution is 7.20. The smallest absolute Gasteiger partial charge is 0.194 e. The van der Waals surface area contributed by atoms with Gasteiger partial charge in [-0.25, -0.2) is 4.98 Å². The largest absolute Gasteiger partial charge is 0.311 e. The van der Waals surface area contributed by atoms with E-state index >= 15 is 0 Å². The molecule has 0 atom stereocenters. The molecule has 0 aliphatic carbocycles. The fourth-order valence-corrected chi connectivity index (χ4v) is 4.04. The first-order valence-electron chi connectivity index (χ1n) is 8.58. The summed E-state index contributed by atoms with van der Waals surface area (Å²) < 4.78 is 3.43. The molecule has 4 aromatic rings. The van der Waals surface area contributed by atoms with Crippen LogP contribution in [0.5, 0.6) is 0 Å². The van der Waals surface area contributed by atoms with Crippen molar-refractivity contribution in [2.75, 3.05) is 6.54 Å². The van der Waals surface area contributed by atoms with Crippen LogP contribution >= 0.6 is 11.3 Å². The Morgan fingerprint density at radius 2 is 1.92 bits per heavy atom. The molecule has 0 unspecified atom stereocenters. The van der Waals surface area contributed by atoms with Crippen LogP contribution in [0.15, 0.2) is 66.9 Å². The zero-order chi connectivity index (χ0) is 17.1. The highest BCUT2D eigenvalue weighted by atomic mass is 32.1. The predicted octanol–water partition coefficient (Wildman–Crippen LogP) is 4.73. The third kappa shape index (κ3) is 3.65. The Kier molecular flexibility index (Phi) is 4.63. The maximum atomic E-state index is 4.79. The van der Waals surface area contributed by atoms with Crippen LogP contribution < -0.4 is 5.32 Å². The van der Waals surface area contributed by atoms with Gasteiger partial charge in [0.25, 0.3) is 0 Å². The molecule has 4 rings (SSSR count). The van der Waals surface area contributed by atoms with E-state index in [1.165, 1.54) is 21.5 Å². The molecule has 0 bridgehead atoms. The van der Waals surface area contributed by atoms with E-state index in [-0.39, 0.29) is 0 Å². The van der Waals surface area contributed by atoms with E-state index in [4.69, 9.17) is 4.98 Å². The predicted molar refractivity (Wildman–Crippen MR) is 106 cm³/mol. The van der Waals surface area contributed by atoms with Crippen molar-refractivity contribution in [2.24, 2.45) is 0 Å². The summed E-state index contributed by atoms with van der Waals surface area (Å²) in [7, 11) is 0. The minimum Gasteiger partial charge on any atom is -0.311 e. The number of thiazole rings is 1. The van der Waals surface area contributed by atoms with E-state index < -0.39 is 0 Å². The van der Waals surface area contributed by atoms with Crippen molar-refractivity contribution in [1.82, 2.24) is 14.9 Å². The summed E-state index contributed by atoms with van der Waals surface area (Å²) >= 11 is 1.74. The molecule has 0 saturated heterocycles. The lowest BCUT2D eigenvalue weighted by molar-refractivity contribution is 0.665. The summed E-state index contributed by atoms with van der Waals surface area (Å²) in [6.07, 6.45) is 3.14. The Labute approximate surface area is 152 Å². The maximum Gasteiger partial charge on any atom is 0.194 e. The summed E-state index contributed by atoms with van der Waals surface area (Å²) in [4.78, 5) is 4.79. The summed E-state index contributed by atoms with van der Waals surface area (Å²) in [5.41, 5.74) is 4.95. The van der Waals surface area contributed by atoms with E-state index in [0.29, 0.717) is 0 Å². The summed E-state index contributed by atoms with van der Waals surface area (Å²) in [5, 5.41) is 4.58. The quantitative estimate of drug-likeness (QED) is 0.511. The number of hydrogen-bond donors (Lipinski definition) is 1. The number of aryl methyl sites for hydroxylation is 1. The molecular formula is C21H21N3S. The molecule has 0 saturated carbocycles. The van der Waals surface area contributed by atoms with Gasteiger partial charge in [0.2, 0.25) is 0 Å². The number of hydrogen-bond acceptors (Lipinski definition) is 3. The topological polar surface area (TPSA) is 29.9 Å². The van der Waals surface area contributed by atoms with Gasteiger partial charge in [-0.3, -0.25) is 4.57 Å². The number of nitrogens with one attached hydrogen (secondary N) is 1. The number of aromatic nitrogens is 2. The Hall–Kier alpha value is -2.43.